The van der Waals surface area contributed by atoms with E-state index in [1.54, 1.807) is 18.2 Å². The minimum atomic E-state index is -0.223. The number of benzene rings is 2. The zero-order valence-electron chi connectivity index (χ0n) is 12.3. The SMILES string of the molecule is Fc1ccc(CCNCc2nnc(-c3ccccc3Cl)o2)cc1. The molecule has 1 N–H and O–H groups in total. The molecule has 0 spiro atoms. The number of aromatic nitrogens is 2. The quantitative estimate of drug-likeness (QED) is 0.697. The van der Waals surface area contributed by atoms with Crippen LogP contribution in [0.25, 0.3) is 11.5 Å². The van der Waals surface area contributed by atoms with E-state index in [1.807, 2.05) is 18.2 Å². The third-order valence-electron chi connectivity index (χ3n) is 3.35. The van der Waals surface area contributed by atoms with Crippen molar-refractivity contribution in [1.82, 2.24) is 15.5 Å². The number of hydrogen-bond acceptors (Lipinski definition) is 4. The van der Waals surface area contributed by atoms with Gasteiger partial charge in [-0.25, -0.2) is 4.39 Å². The van der Waals surface area contributed by atoms with Gasteiger partial charge in [0, 0.05) is 0 Å². The molecule has 0 saturated carbocycles. The Morgan fingerprint density at radius 2 is 1.83 bits per heavy atom. The van der Waals surface area contributed by atoms with E-state index in [0.29, 0.717) is 23.3 Å². The number of nitrogens with zero attached hydrogens (tertiary/aromatic N) is 2. The molecule has 3 aromatic rings. The van der Waals surface area contributed by atoms with Gasteiger partial charge < -0.3 is 9.73 Å². The van der Waals surface area contributed by atoms with Crippen molar-refractivity contribution in [1.29, 1.82) is 0 Å². The Hall–Kier alpha value is -2.24. The van der Waals surface area contributed by atoms with Gasteiger partial charge in [-0.3, -0.25) is 0 Å². The molecule has 0 saturated heterocycles. The van der Waals surface area contributed by atoms with Crippen LogP contribution in [-0.2, 0) is 13.0 Å². The summed E-state index contributed by atoms with van der Waals surface area (Å²) < 4.78 is 18.4. The number of hydrogen-bond donors (Lipinski definition) is 1. The van der Waals surface area contributed by atoms with Crippen LogP contribution < -0.4 is 5.32 Å². The van der Waals surface area contributed by atoms with E-state index in [-0.39, 0.29) is 5.82 Å². The summed E-state index contributed by atoms with van der Waals surface area (Å²) in [4.78, 5) is 0. The summed E-state index contributed by atoms with van der Waals surface area (Å²) in [6, 6.07) is 13.8. The van der Waals surface area contributed by atoms with Crippen LogP contribution in [0.1, 0.15) is 11.5 Å². The van der Waals surface area contributed by atoms with Gasteiger partial charge in [0.15, 0.2) is 0 Å². The standard InChI is InChI=1S/C17H15ClFN3O/c18-15-4-2-1-3-14(15)17-22-21-16(23-17)11-20-10-9-12-5-7-13(19)8-6-12/h1-8,20H,9-11H2. The number of nitrogens with one attached hydrogen (secondary N) is 1. The second-order valence-electron chi connectivity index (χ2n) is 5.03. The Balaban J connectivity index is 1.52. The molecule has 0 aliphatic rings. The first kappa shape index (κ1) is 15.6. The van der Waals surface area contributed by atoms with Crippen molar-refractivity contribution in [3.8, 4) is 11.5 Å². The van der Waals surface area contributed by atoms with E-state index in [1.165, 1.54) is 12.1 Å². The second kappa shape index (κ2) is 7.35. The van der Waals surface area contributed by atoms with Crippen LogP contribution in [0.3, 0.4) is 0 Å². The highest BCUT2D eigenvalue weighted by Crippen LogP contribution is 2.26. The Bertz CT molecular complexity index is 774. The molecule has 118 valence electrons. The molecule has 0 unspecified atom stereocenters. The van der Waals surface area contributed by atoms with Crippen molar-refractivity contribution >= 4 is 11.6 Å². The third-order valence-corrected chi connectivity index (χ3v) is 3.68. The summed E-state index contributed by atoms with van der Waals surface area (Å²) >= 11 is 6.10. The highest BCUT2D eigenvalue weighted by atomic mass is 35.5. The summed E-state index contributed by atoms with van der Waals surface area (Å²) in [7, 11) is 0. The Morgan fingerprint density at radius 1 is 1.04 bits per heavy atom. The molecule has 0 amide bonds. The van der Waals surface area contributed by atoms with Gasteiger partial charge in [-0.15, -0.1) is 10.2 Å². The van der Waals surface area contributed by atoms with Crippen molar-refractivity contribution in [3.63, 3.8) is 0 Å². The average molecular weight is 332 g/mol. The molecule has 0 fully saturated rings. The number of rotatable bonds is 6. The minimum Gasteiger partial charge on any atom is -0.419 e. The molecule has 2 aromatic carbocycles. The van der Waals surface area contributed by atoms with Crippen molar-refractivity contribution < 1.29 is 8.81 Å². The van der Waals surface area contributed by atoms with Gasteiger partial charge in [-0.05, 0) is 42.8 Å². The van der Waals surface area contributed by atoms with Crippen molar-refractivity contribution in [2.75, 3.05) is 6.54 Å². The number of halogens is 2. The summed E-state index contributed by atoms with van der Waals surface area (Å²) in [6.45, 7) is 1.20. The van der Waals surface area contributed by atoms with Gasteiger partial charge in [0.1, 0.15) is 5.82 Å². The monoisotopic (exact) mass is 331 g/mol. The molecular weight excluding hydrogens is 317 g/mol. The maximum Gasteiger partial charge on any atom is 0.249 e. The lowest BCUT2D eigenvalue weighted by atomic mass is 10.1. The summed E-state index contributed by atoms with van der Waals surface area (Å²) in [6.07, 6.45) is 0.797. The first-order valence-electron chi connectivity index (χ1n) is 7.25. The first-order valence-corrected chi connectivity index (χ1v) is 7.62. The topological polar surface area (TPSA) is 51.0 Å². The van der Waals surface area contributed by atoms with E-state index in [2.05, 4.69) is 15.5 Å². The molecule has 0 bridgehead atoms. The van der Waals surface area contributed by atoms with Gasteiger partial charge in [0.05, 0.1) is 17.1 Å². The Kier molecular flexibility index (Phi) is 5.00. The molecule has 3 rings (SSSR count). The van der Waals surface area contributed by atoms with Gasteiger partial charge in [-0.1, -0.05) is 35.9 Å². The van der Waals surface area contributed by atoms with E-state index in [0.717, 1.165) is 24.1 Å². The fourth-order valence-electron chi connectivity index (χ4n) is 2.15. The highest BCUT2D eigenvalue weighted by Gasteiger charge is 2.10. The summed E-state index contributed by atoms with van der Waals surface area (Å²) in [5.41, 5.74) is 1.79. The van der Waals surface area contributed by atoms with E-state index in [9.17, 15) is 4.39 Å². The second-order valence-corrected chi connectivity index (χ2v) is 5.44. The largest absolute Gasteiger partial charge is 0.419 e. The zero-order valence-corrected chi connectivity index (χ0v) is 13.1. The fraction of sp³-hybridized carbons (Fsp3) is 0.176. The molecule has 0 aliphatic heterocycles. The molecule has 23 heavy (non-hydrogen) atoms. The lowest BCUT2D eigenvalue weighted by molar-refractivity contribution is 0.478. The predicted octanol–water partition coefficient (Wildman–Crippen LogP) is 3.86. The highest BCUT2D eigenvalue weighted by molar-refractivity contribution is 6.33. The summed E-state index contributed by atoms with van der Waals surface area (Å²) in [5, 5.41) is 11.8. The van der Waals surface area contributed by atoms with Gasteiger partial charge in [0.2, 0.25) is 11.8 Å². The molecule has 0 aliphatic carbocycles. The van der Waals surface area contributed by atoms with Gasteiger partial charge >= 0.3 is 0 Å². The molecule has 6 heteroatoms. The van der Waals surface area contributed by atoms with Crippen LogP contribution in [-0.4, -0.2) is 16.7 Å². The van der Waals surface area contributed by atoms with Gasteiger partial charge in [0.25, 0.3) is 0 Å². The predicted molar refractivity (Wildman–Crippen MR) is 86.6 cm³/mol. The molecule has 4 nitrogen and oxygen atoms in total. The first-order chi connectivity index (χ1) is 11.2. The van der Waals surface area contributed by atoms with Crippen LogP contribution in [0.4, 0.5) is 4.39 Å². The zero-order chi connectivity index (χ0) is 16.1. The van der Waals surface area contributed by atoms with Crippen molar-refractivity contribution in [2.45, 2.75) is 13.0 Å². The molecule has 1 heterocycles. The fourth-order valence-corrected chi connectivity index (χ4v) is 2.36. The molecular formula is C17H15ClFN3O. The van der Waals surface area contributed by atoms with Crippen LogP contribution in [0.2, 0.25) is 5.02 Å². The molecule has 0 radical (unpaired) electrons. The van der Waals surface area contributed by atoms with Crippen LogP contribution in [0, 0.1) is 5.82 Å². The van der Waals surface area contributed by atoms with Crippen LogP contribution >= 0.6 is 11.6 Å². The maximum absolute atomic E-state index is 12.8. The van der Waals surface area contributed by atoms with Crippen molar-refractivity contribution in [2.24, 2.45) is 0 Å². The smallest absolute Gasteiger partial charge is 0.249 e. The van der Waals surface area contributed by atoms with Gasteiger partial charge in [-0.2, -0.15) is 0 Å². The molecule has 0 atom stereocenters. The van der Waals surface area contributed by atoms with E-state index < -0.39 is 0 Å². The van der Waals surface area contributed by atoms with Crippen LogP contribution in [0.5, 0.6) is 0 Å². The summed E-state index contributed by atoms with van der Waals surface area (Å²) in [5.74, 6) is 0.685. The average Bonchev–Trinajstić information content (AvgIpc) is 3.02. The lowest BCUT2D eigenvalue weighted by Gasteiger charge is -2.02. The van der Waals surface area contributed by atoms with E-state index in [4.69, 9.17) is 16.0 Å². The normalized spacial score (nSPS) is 10.9. The minimum absolute atomic E-state index is 0.223. The van der Waals surface area contributed by atoms with Crippen molar-refractivity contribution in [3.05, 3.63) is 70.8 Å². The third kappa shape index (κ3) is 4.15. The maximum atomic E-state index is 12.8. The lowest BCUT2D eigenvalue weighted by Crippen LogP contribution is -2.16. The van der Waals surface area contributed by atoms with Crippen LogP contribution in [0.15, 0.2) is 52.9 Å². The van der Waals surface area contributed by atoms with E-state index >= 15 is 0 Å². The Morgan fingerprint density at radius 3 is 2.61 bits per heavy atom. The molecule has 1 aromatic heterocycles. The Labute approximate surface area is 138 Å².